The third kappa shape index (κ3) is 3.40. The number of nitrogens with zero attached hydrogens (tertiary/aromatic N) is 3. The molecule has 1 unspecified atom stereocenters. The van der Waals surface area contributed by atoms with Gasteiger partial charge in [-0.25, -0.2) is 0 Å². The molecule has 0 bridgehead atoms. The number of amides is 1. The number of aromatic amines is 1. The van der Waals surface area contributed by atoms with Crippen molar-refractivity contribution in [2.45, 2.75) is 40.2 Å². The lowest BCUT2D eigenvalue weighted by Crippen LogP contribution is -2.28. The summed E-state index contributed by atoms with van der Waals surface area (Å²) in [6.07, 6.45) is 0.816. The fourth-order valence-corrected chi connectivity index (χ4v) is 3.17. The van der Waals surface area contributed by atoms with Crippen LogP contribution >= 0.6 is 0 Å². The van der Waals surface area contributed by atoms with E-state index in [1.807, 2.05) is 25.6 Å². The maximum absolute atomic E-state index is 12.7. The fourth-order valence-electron chi connectivity index (χ4n) is 3.17. The highest BCUT2D eigenvalue weighted by Crippen LogP contribution is 2.25. The van der Waals surface area contributed by atoms with Gasteiger partial charge in [-0.2, -0.15) is 10.2 Å². The fraction of sp³-hybridized carbons (Fsp3) is 0.350. The van der Waals surface area contributed by atoms with Crippen LogP contribution < -0.4 is 5.32 Å². The zero-order valence-electron chi connectivity index (χ0n) is 15.9. The largest absolute Gasteiger partial charge is 0.344 e. The van der Waals surface area contributed by atoms with Crippen LogP contribution in [0.1, 0.15) is 52.4 Å². The molecule has 0 spiro atoms. The topological polar surface area (TPSA) is 75.6 Å². The molecule has 0 saturated carbocycles. The molecule has 0 fully saturated rings. The van der Waals surface area contributed by atoms with Gasteiger partial charge < -0.3 is 5.32 Å². The van der Waals surface area contributed by atoms with Crippen LogP contribution in [0.25, 0.3) is 11.3 Å². The summed E-state index contributed by atoms with van der Waals surface area (Å²) in [4.78, 5) is 12.7. The second-order valence-corrected chi connectivity index (χ2v) is 6.68. The minimum absolute atomic E-state index is 0.0308. The van der Waals surface area contributed by atoms with E-state index < -0.39 is 0 Å². The van der Waals surface area contributed by atoms with Crippen LogP contribution in [-0.4, -0.2) is 25.9 Å². The lowest BCUT2D eigenvalue weighted by molar-refractivity contribution is 0.0930. The van der Waals surface area contributed by atoms with E-state index in [0.717, 1.165) is 34.6 Å². The molecule has 3 aromatic rings. The van der Waals surface area contributed by atoms with Crippen LogP contribution in [0, 0.1) is 20.8 Å². The average molecular weight is 351 g/mol. The van der Waals surface area contributed by atoms with Gasteiger partial charge in [0, 0.05) is 18.3 Å². The monoisotopic (exact) mass is 351 g/mol. The van der Waals surface area contributed by atoms with Crippen LogP contribution in [0.3, 0.4) is 0 Å². The first-order valence-corrected chi connectivity index (χ1v) is 8.84. The Morgan fingerprint density at radius 2 is 1.92 bits per heavy atom. The van der Waals surface area contributed by atoms with Gasteiger partial charge in [-0.05, 0) is 38.8 Å². The molecular weight excluding hydrogens is 326 g/mol. The maximum atomic E-state index is 12.7. The lowest BCUT2D eigenvalue weighted by Gasteiger charge is -2.17. The summed E-state index contributed by atoms with van der Waals surface area (Å²) >= 11 is 0. The van der Waals surface area contributed by atoms with Gasteiger partial charge in [-0.15, -0.1) is 0 Å². The van der Waals surface area contributed by atoms with Crippen molar-refractivity contribution >= 4 is 5.91 Å². The Balaban J connectivity index is 1.80. The van der Waals surface area contributed by atoms with Crippen LogP contribution in [-0.2, 0) is 7.05 Å². The number of carbonyl (C=O) groups excluding carboxylic acids is 1. The highest BCUT2D eigenvalue weighted by atomic mass is 16.2. The number of aryl methyl sites for hydroxylation is 3. The van der Waals surface area contributed by atoms with Crippen LogP contribution in [0.2, 0.25) is 0 Å². The van der Waals surface area contributed by atoms with Gasteiger partial charge in [0.25, 0.3) is 5.91 Å². The molecule has 0 saturated heterocycles. The number of hydrogen-bond donors (Lipinski definition) is 2. The Kier molecular flexibility index (Phi) is 4.93. The molecule has 6 nitrogen and oxygen atoms in total. The summed E-state index contributed by atoms with van der Waals surface area (Å²) < 4.78 is 1.82. The smallest absolute Gasteiger partial charge is 0.269 e. The van der Waals surface area contributed by atoms with Gasteiger partial charge >= 0.3 is 0 Å². The van der Waals surface area contributed by atoms with E-state index in [0.29, 0.717) is 5.69 Å². The zero-order valence-corrected chi connectivity index (χ0v) is 15.9. The number of rotatable bonds is 5. The van der Waals surface area contributed by atoms with Crippen LogP contribution in [0.15, 0.2) is 30.3 Å². The second-order valence-electron chi connectivity index (χ2n) is 6.68. The molecule has 1 aromatic carbocycles. The summed E-state index contributed by atoms with van der Waals surface area (Å²) in [5.74, 6) is -0.157. The third-order valence-electron chi connectivity index (χ3n) is 4.78. The molecule has 0 aliphatic heterocycles. The highest BCUT2D eigenvalue weighted by Gasteiger charge is 2.19. The molecule has 6 heteroatoms. The standard InChI is InChI=1S/C20H25N5O/c1-6-16(15-9-7-12(2)8-10-15)21-20(26)18-11-17(22-23-18)19-13(3)24-25(5)14(19)4/h7-11,16H,6H2,1-5H3,(H,21,26)(H,22,23). The van der Waals surface area contributed by atoms with E-state index in [9.17, 15) is 4.79 Å². The van der Waals surface area contributed by atoms with Crippen molar-refractivity contribution < 1.29 is 4.79 Å². The number of hydrogen-bond acceptors (Lipinski definition) is 3. The maximum Gasteiger partial charge on any atom is 0.269 e. The van der Waals surface area contributed by atoms with Crippen LogP contribution in [0.4, 0.5) is 0 Å². The average Bonchev–Trinajstić information content (AvgIpc) is 3.18. The van der Waals surface area contributed by atoms with Crippen molar-refractivity contribution in [2.75, 3.05) is 0 Å². The Labute approximate surface area is 153 Å². The van der Waals surface area contributed by atoms with E-state index in [1.165, 1.54) is 5.56 Å². The lowest BCUT2D eigenvalue weighted by atomic mass is 10.0. The second kappa shape index (κ2) is 7.15. The van der Waals surface area contributed by atoms with Crippen molar-refractivity contribution in [3.63, 3.8) is 0 Å². The summed E-state index contributed by atoms with van der Waals surface area (Å²) in [6, 6.07) is 10.00. The minimum Gasteiger partial charge on any atom is -0.344 e. The molecule has 26 heavy (non-hydrogen) atoms. The Morgan fingerprint density at radius 1 is 1.23 bits per heavy atom. The van der Waals surface area contributed by atoms with Gasteiger partial charge in [0.05, 0.1) is 17.4 Å². The van der Waals surface area contributed by atoms with Gasteiger partial charge in [-0.1, -0.05) is 36.8 Å². The van der Waals surface area contributed by atoms with Gasteiger partial charge in [-0.3, -0.25) is 14.6 Å². The van der Waals surface area contributed by atoms with E-state index in [2.05, 4.69) is 58.7 Å². The Morgan fingerprint density at radius 3 is 2.50 bits per heavy atom. The number of H-pyrrole nitrogens is 1. The quantitative estimate of drug-likeness (QED) is 0.737. The molecular formula is C20H25N5O. The van der Waals surface area contributed by atoms with E-state index in [4.69, 9.17) is 0 Å². The molecule has 0 aliphatic rings. The van der Waals surface area contributed by atoms with Crippen LogP contribution in [0.5, 0.6) is 0 Å². The summed E-state index contributed by atoms with van der Waals surface area (Å²) in [5.41, 5.74) is 6.38. The van der Waals surface area contributed by atoms with Crippen molar-refractivity contribution in [1.82, 2.24) is 25.3 Å². The minimum atomic E-state index is -0.157. The van der Waals surface area contributed by atoms with Gasteiger partial charge in [0.1, 0.15) is 5.69 Å². The Bertz CT molecular complexity index is 920. The first kappa shape index (κ1) is 17.9. The molecule has 0 aliphatic carbocycles. The summed E-state index contributed by atoms with van der Waals surface area (Å²) in [6.45, 7) is 8.05. The first-order valence-electron chi connectivity index (χ1n) is 8.84. The summed E-state index contributed by atoms with van der Waals surface area (Å²) in [7, 11) is 1.90. The van der Waals surface area contributed by atoms with Crippen molar-refractivity contribution in [3.05, 3.63) is 58.5 Å². The predicted molar refractivity (Wildman–Crippen MR) is 102 cm³/mol. The van der Waals surface area contributed by atoms with Crippen molar-refractivity contribution in [3.8, 4) is 11.3 Å². The number of benzene rings is 1. The van der Waals surface area contributed by atoms with Crippen molar-refractivity contribution in [2.24, 2.45) is 7.05 Å². The number of aromatic nitrogens is 4. The van der Waals surface area contributed by atoms with E-state index >= 15 is 0 Å². The Hall–Kier alpha value is -2.89. The molecule has 1 amide bonds. The zero-order chi connectivity index (χ0) is 18.8. The normalized spacial score (nSPS) is 12.2. The number of carbonyl (C=O) groups is 1. The van der Waals surface area contributed by atoms with Gasteiger partial charge in [0.15, 0.2) is 0 Å². The summed E-state index contributed by atoms with van der Waals surface area (Å²) in [5, 5.41) is 14.7. The first-order chi connectivity index (χ1) is 12.4. The third-order valence-corrected chi connectivity index (χ3v) is 4.78. The highest BCUT2D eigenvalue weighted by molar-refractivity contribution is 5.93. The predicted octanol–water partition coefficient (Wildman–Crippen LogP) is 3.62. The molecule has 2 heterocycles. The number of nitrogens with one attached hydrogen (secondary N) is 2. The molecule has 136 valence electrons. The molecule has 0 radical (unpaired) electrons. The van der Waals surface area contributed by atoms with Gasteiger partial charge in [0.2, 0.25) is 0 Å². The van der Waals surface area contributed by atoms with Crippen molar-refractivity contribution in [1.29, 1.82) is 0 Å². The molecule has 3 rings (SSSR count). The molecule has 2 aromatic heterocycles. The van der Waals surface area contributed by atoms with E-state index in [1.54, 1.807) is 6.07 Å². The molecule has 2 N–H and O–H groups in total. The van der Waals surface area contributed by atoms with E-state index in [-0.39, 0.29) is 11.9 Å². The molecule has 1 atom stereocenters. The SMILES string of the molecule is CCC(NC(=O)c1cc(-c2c(C)nn(C)c2C)n[nH]1)c1ccc(C)cc1.